The van der Waals surface area contributed by atoms with Gasteiger partial charge in [0.1, 0.15) is 0 Å². The summed E-state index contributed by atoms with van der Waals surface area (Å²) in [5, 5.41) is 3.52. The normalized spacial score (nSPS) is 39.0. The molecule has 1 atom stereocenters. The third-order valence-electron chi connectivity index (χ3n) is 3.30. The average molecular weight is 183 g/mol. The maximum absolute atomic E-state index is 5.55. The van der Waals surface area contributed by atoms with Gasteiger partial charge in [0.15, 0.2) is 0 Å². The maximum atomic E-state index is 5.55. The molecule has 0 radical (unpaired) electrons. The van der Waals surface area contributed by atoms with E-state index in [2.05, 4.69) is 12.2 Å². The first kappa shape index (κ1) is 9.47. The monoisotopic (exact) mass is 183 g/mol. The van der Waals surface area contributed by atoms with Gasteiger partial charge in [-0.25, -0.2) is 0 Å². The summed E-state index contributed by atoms with van der Waals surface area (Å²) in [5.74, 6) is 1.94. The fourth-order valence-corrected chi connectivity index (χ4v) is 2.49. The van der Waals surface area contributed by atoms with Gasteiger partial charge in [0, 0.05) is 13.2 Å². The molecule has 1 aliphatic carbocycles. The average Bonchev–Trinajstić information content (AvgIpc) is 2.53. The van der Waals surface area contributed by atoms with Crippen molar-refractivity contribution in [2.24, 2.45) is 11.8 Å². The lowest BCUT2D eigenvalue weighted by Crippen LogP contribution is -2.35. The Morgan fingerprint density at radius 2 is 2.15 bits per heavy atom. The maximum Gasteiger partial charge on any atom is 0.0700 e. The quantitative estimate of drug-likeness (QED) is 0.717. The van der Waals surface area contributed by atoms with Gasteiger partial charge in [-0.3, -0.25) is 0 Å². The summed E-state index contributed by atoms with van der Waals surface area (Å²) in [4.78, 5) is 0. The van der Waals surface area contributed by atoms with Crippen molar-refractivity contribution < 1.29 is 4.74 Å². The molecular weight excluding hydrogens is 162 g/mol. The predicted molar refractivity (Wildman–Crippen MR) is 53.7 cm³/mol. The van der Waals surface area contributed by atoms with Crippen LogP contribution in [0.15, 0.2) is 0 Å². The van der Waals surface area contributed by atoms with E-state index in [1.165, 1.54) is 32.2 Å². The summed E-state index contributed by atoms with van der Waals surface area (Å²) in [5.41, 5.74) is 0. The molecule has 1 saturated carbocycles. The highest BCUT2D eigenvalue weighted by Gasteiger charge is 2.25. The zero-order chi connectivity index (χ0) is 9.10. The molecule has 0 amide bonds. The van der Waals surface area contributed by atoms with E-state index in [9.17, 15) is 0 Å². The molecule has 0 aromatic heterocycles. The summed E-state index contributed by atoms with van der Waals surface area (Å²) in [6, 6.07) is 0. The van der Waals surface area contributed by atoms with Crippen molar-refractivity contribution in [3.63, 3.8) is 0 Å². The van der Waals surface area contributed by atoms with Crippen molar-refractivity contribution in [2.45, 2.75) is 38.7 Å². The lowest BCUT2D eigenvalue weighted by molar-refractivity contribution is 0.105. The van der Waals surface area contributed by atoms with Crippen LogP contribution in [0.3, 0.4) is 0 Å². The number of ether oxygens (including phenoxy) is 1. The Bertz CT molecular complexity index is 148. The fraction of sp³-hybridized carbons (Fsp3) is 1.00. The summed E-state index contributed by atoms with van der Waals surface area (Å²) in [6.45, 7) is 5.61. The van der Waals surface area contributed by atoms with Crippen LogP contribution in [-0.2, 0) is 4.74 Å². The van der Waals surface area contributed by atoms with Crippen molar-refractivity contribution in [1.82, 2.24) is 5.32 Å². The third kappa shape index (κ3) is 2.68. The van der Waals surface area contributed by atoms with Crippen molar-refractivity contribution in [2.75, 3.05) is 19.7 Å². The van der Waals surface area contributed by atoms with Gasteiger partial charge >= 0.3 is 0 Å². The van der Waals surface area contributed by atoms with Crippen LogP contribution in [0.2, 0.25) is 0 Å². The molecule has 2 nitrogen and oxygen atoms in total. The van der Waals surface area contributed by atoms with Crippen molar-refractivity contribution >= 4 is 0 Å². The summed E-state index contributed by atoms with van der Waals surface area (Å²) in [7, 11) is 0. The Hall–Kier alpha value is -0.0800. The second-order valence-electron chi connectivity index (χ2n) is 4.74. The van der Waals surface area contributed by atoms with Gasteiger partial charge in [0.2, 0.25) is 0 Å². The van der Waals surface area contributed by atoms with E-state index in [0.717, 1.165) is 25.0 Å². The molecule has 76 valence electrons. The molecule has 1 N–H and O–H groups in total. The topological polar surface area (TPSA) is 21.3 Å². The van der Waals surface area contributed by atoms with E-state index in [1.807, 2.05) is 0 Å². The van der Waals surface area contributed by atoms with E-state index in [0.29, 0.717) is 6.10 Å². The molecule has 0 bridgehead atoms. The van der Waals surface area contributed by atoms with Crippen LogP contribution in [-0.4, -0.2) is 25.8 Å². The van der Waals surface area contributed by atoms with E-state index in [1.54, 1.807) is 0 Å². The minimum Gasteiger partial charge on any atom is -0.377 e. The SMILES string of the molecule is CC1CC(CNCC2CCCO2)C1. The second-order valence-corrected chi connectivity index (χ2v) is 4.74. The third-order valence-corrected chi connectivity index (χ3v) is 3.30. The summed E-state index contributed by atoms with van der Waals surface area (Å²) >= 11 is 0. The molecule has 1 unspecified atom stereocenters. The zero-order valence-corrected chi connectivity index (χ0v) is 8.59. The van der Waals surface area contributed by atoms with Crippen LogP contribution in [0.25, 0.3) is 0 Å². The van der Waals surface area contributed by atoms with Crippen molar-refractivity contribution in [3.8, 4) is 0 Å². The molecule has 1 saturated heterocycles. The van der Waals surface area contributed by atoms with Gasteiger partial charge in [0.05, 0.1) is 6.10 Å². The van der Waals surface area contributed by atoms with Crippen LogP contribution in [0, 0.1) is 11.8 Å². The first-order chi connectivity index (χ1) is 6.34. The minimum atomic E-state index is 0.512. The number of nitrogens with one attached hydrogen (secondary N) is 1. The van der Waals surface area contributed by atoms with Crippen molar-refractivity contribution in [3.05, 3.63) is 0 Å². The minimum absolute atomic E-state index is 0.512. The van der Waals surface area contributed by atoms with Gasteiger partial charge in [-0.1, -0.05) is 6.92 Å². The first-order valence-corrected chi connectivity index (χ1v) is 5.67. The Morgan fingerprint density at radius 3 is 2.77 bits per heavy atom. The molecule has 2 heteroatoms. The van der Waals surface area contributed by atoms with Crippen LogP contribution < -0.4 is 5.32 Å². The van der Waals surface area contributed by atoms with E-state index in [-0.39, 0.29) is 0 Å². The van der Waals surface area contributed by atoms with E-state index in [4.69, 9.17) is 4.74 Å². The summed E-state index contributed by atoms with van der Waals surface area (Å²) < 4.78 is 5.55. The molecule has 2 fully saturated rings. The molecule has 1 heterocycles. The van der Waals surface area contributed by atoms with Gasteiger partial charge in [0.25, 0.3) is 0 Å². The second kappa shape index (κ2) is 4.43. The van der Waals surface area contributed by atoms with Gasteiger partial charge in [-0.2, -0.15) is 0 Å². The molecule has 2 aliphatic rings. The highest BCUT2D eigenvalue weighted by molar-refractivity contribution is 4.78. The summed E-state index contributed by atoms with van der Waals surface area (Å²) in [6.07, 6.45) is 5.88. The number of hydrogen-bond acceptors (Lipinski definition) is 2. The largest absolute Gasteiger partial charge is 0.377 e. The van der Waals surface area contributed by atoms with Gasteiger partial charge in [-0.05, 0) is 44.1 Å². The van der Waals surface area contributed by atoms with Crippen LogP contribution in [0.4, 0.5) is 0 Å². The number of hydrogen-bond donors (Lipinski definition) is 1. The Kier molecular flexibility index (Phi) is 3.23. The van der Waals surface area contributed by atoms with Crippen LogP contribution in [0.1, 0.15) is 32.6 Å². The molecule has 2 rings (SSSR count). The highest BCUT2D eigenvalue weighted by Crippen LogP contribution is 2.32. The Labute approximate surface area is 81.0 Å². The predicted octanol–water partition coefficient (Wildman–Crippen LogP) is 1.80. The zero-order valence-electron chi connectivity index (χ0n) is 8.59. The lowest BCUT2D eigenvalue weighted by Gasteiger charge is -2.33. The van der Waals surface area contributed by atoms with E-state index >= 15 is 0 Å². The standard InChI is InChI=1S/C11H21NO/c1-9-5-10(6-9)7-12-8-11-3-2-4-13-11/h9-12H,2-8H2,1H3. The fourth-order valence-electron chi connectivity index (χ4n) is 2.49. The Morgan fingerprint density at radius 1 is 1.31 bits per heavy atom. The highest BCUT2D eigenvalue weighted by atomic mass is 16.5. The molecule has 0 aromatic rings. The molecule has 0 aromatic carbocycles. The van der Waals surface area contributed by atoms with E-state index < -0.39 is 0 Å². The Balaban J connectivity index is 1.49. The van der Waals surface area contributed by atoms with Crippen molar-refractivity contribution in [1.29, 1.82) is 0 Å². The van der Waals surface area contributed by atoms with Gasteiger partial charge < -0.3 is 10.1 Å². The molecule has 13 heavy (non-hydrogen) atoms. The van der Waals surface area contributed by atoms with Crippen LogP contribution >= 0.6 is 0 Å². The van der Waals surface area contributed by atoms with Crippen LogP contribution in [0.5, 0.6) is 0 Å². The molecule has 0 spiro atoms. The smallest absolute Gasteiger partial charge is 0.0700 e. The first-order valence-electron chi connectivity index (χ1n) is 5.67. The molecular formula is C11H21NO. The lowest BCUT2D eigenvalue weighted by atomic mass is 9.76. The van der Waals surface area contributed by atoms with Gasteiger partial charge in [-0.15, -0.1) is 0 Å². The molecule has 1 aliphatic heterocycles. The number of rotatable bonds is 4.